The molecule has 276 valence electrons. The zero-order valence-electron chi connectivity index (χ0n) is 33.2. The molecule has 0 aromatic heterocycles. The number of carbonyl (C=O) groups is 2. The lowest BCUT2D eigenvalue weighted by Gasteiger charge is -2.72. The van der Waals surface area contributed by atoms with Gasteiger partial charge in [-0.15, -0.1) is 0 Å². The van der Waals surface area contributed by atoms with Gasteiger partial charge in [-0.3, -0.25) is 14.5 Å². The van der Waals surface area contributed by atoms with Crippen molar-refractivity contribution in [2.24, 2.45) is 56.7 Å². The van der Waals surface area contributed by atoms with Crippen molar-refractivity contribution in [1.29, 1.82) is 0 Å². The fourth-order valence-corrected chi connectivity index (χ4v) is 14.0. The monoisotopic (exact) mass is 685 g/mol. The zero-order chi connectivity index (χ0) is 36.4. The van der Waals surface area contributed by atoms with Gasteiger partial charge in [-0.2, -0.15) is 0 Å². The maximum atomic E-state index is 14.6. The molecule has 0 aliphatic heterocycles. The highest BCUT2D eigenvalue weighted by Crippen LogP contribution is 2.77. The van der Waals surface area contributed by atoms with Crippen molar-refractivity contribution in [3.63, 3.8) is 0 Å². The van der Waals surface area contributed by atoms with Crippen LogP contribution < -0.4 is 10.1 Å². The van der Waals surface area contributed by atoms with Gasteiger partial charge >= 0.3 is 0 Å². The van der Waals surface area contributed by atoms with Crippen molar-refractivity contribution in [3.05, 3.63) is 48.1 Å². The minimum Gasteiger partial charge on any atom is -0.429 e. The smallest absolute Gasteiger partial charge is 0.298 e. The third-order valence-electron chi connectivity index (χ3n) is 16.4. The van der Waals surface area contributed by atoms with Gasteiger partial charge in [0, 0.05) is 25.2 Å². The Kier molecular flexibility index (Phi) is 9.88. The van der Waals surface area contributed by atoms with Crippen LogP contribution >= 0.6 is 0 Å². The van der Waals surface area contributed by atoms with Gasteiger partial charge < -0.3 is 10.1 Å². The predicted octanol–water partition coefficient (Wildman–Crippen LogP) is 10.1. The molecule has 50 heavy (non-hydrogen) atoms. The molecule has 0 heterocycles. The maximum Gasteiger partial charge on any atom is 0.298 e. The second-order valence-electron chi connectivity index (χ2n) is 19.3. The van der Waals surface area contributed by atoms with E-state index in [0.29, 0.717) is 59.8 Å². The Hall–Kier alpha value is -2.40. The zero-order valence-corrected chi connectivity index (χ0v) is 33.2. The molecule has 1 aromatic rings. The number of hydrogen-bond acceptors (Lipinski definition) is 4. The van der Waals surface area contributed by atoms with Gasteiger partial charge in [0.15, 0.2) is 0 Å². The van der Waals surface area contributed by atoms with Gasteiger partial charge in [-0.1, -0.05) is 65.0 Å². The van der Waals surface area contributed by atoms with Crippen LogP contribution in [0.1, 0.15) is 133 Å². The molecule has 0 bridgehead atoms. The summed E-state index contributed by atoms with van der Waals surface area (Å²) in [5.41, 5.74) is 4.40. The van der Waals surface area contributed by atoms with Gasteiger partial charge in [-0.25, -0.2) is 0 Å². The van der Waals surface area contributed by atoms with Crippen LogP contribution in [0.3, 0.4) is 0 Å². The summed E-state index contributed by atoms with van der Waals surface area (Å²) < 4.78 is 5.10. The minimum atomic E-state index is -0.268. The van der Waals surface area contributed by atoms with Crippen LogP contribution in [0.4, 0.5) is 0 Å². The number of ether oxygens (including phenoxy) is 1. The number of nitrogens with zero attached hydrogens (tertiary/aromatic N) is 1. The Balaban J connectivity index is 1.28. The Morgan fingerprint density at radius 2 is 1.60 bits per heavy atom. The average molecular weight is 685 g/mol. The van der Waals surface area contributed by atoms with Crippen LogP contribution in [0.25, 0.3) is 5.57 Å². The molecule has 0 spiro atoms. The molecule has 1 amide bonds. The van der Waals surface area contributed by atoms with E-state index in [1.165, 1.54) is 42.4 Å². The quantitative estimate of drug-likeness (QED) is 0.197. The predicted molar refractivity (Wildman–Crippen MR) is 205 cm³/mol. The second kappa shape index (κ2) is 13.2. The van der Waals surface area contributed by atoms with Crippen LogP contribution in [-0.4, -0.2) is 42.5 Å². The molecule has 1 aromatic carbocycles. The van der Waals surface area contributed by atoms with Gasteiger partial charge in [0.05, 0.1) is 5.41 Å². The standard InChI is InChI=1S/C45H68N2O3/c1-29(2)34-18-23-45(40(49)46-26-27-47(30(3)4)31(5)6)25-24-43(10)36(39(34)45)16-17-38-42(9)21-19-35(32-12-14-33(15-13-32)50-28-48)41(7,8)37(42)20-22-44(38,43)11/h12-15,19,28,30-31,34,36-39H,1,16-18,20-27H2,2-11H3,(H,46,49)/t34-,36+,37-,38+,39+,42-,43+,44+,45-/m0/s1. The van der Waals surface area contributed by atoms with Crippen LogP contribution in [0.15, 0.2) is 42.5 Å². The van der Waals surface area contributed by atoms with E-state index in [-0.39, 0.29) is 27.1 Å². The minimum absolute atomic E-state index is 0.0378. The summed E-state index contributed by atoms with van der Waals surface area (Å²) >= 11 is 0. The van der Waals surface area contributed by atoms with Gasteiger partial charge in [-0.05, 0) is 167 Å². The van der Waals surface area contributed by atoms with Crippen LogP contribution in [0.2, 0.25) is 0 Å². The van der Waals surface area contributed by atoms with Crippen molar-refractivity contribution < 1.29 is 14.3 Å². The van der Waals surface area contributed by atoms with E-state index < -0.39 is 0 Å². The molecule has 4 fully saturated rings. The molecule has 6 rings (SSSR count). The lowest BCUT2D eigenvalue weighted by Crippen LogP contribution is -2.66. The number of amides is 1. The molecule has 0 saturated heterocycles. The number of nitrogens with one attached hydrogen (secondary N) is 1. The van der Waals surface area contributed by atoms with E-state index in [2.05, 4.69) is 104 Å². The average Bonchev–Trinajstić information content (AvgIpc) is 3.45. The molecule has 9 atom stereocenters. The Morgan fingerprint density at radius 3 is 2.22 bits per heavy atom. The molecular formula is C45H68N2O3. The fourth-order valence-electron chi connectivity index (χ4n) is 14.0. The highest BCUT2D eigenvalue weighted by Gasteiger charge is 2.71. The van der Waals surface area contributed by atoms with E-state index in [1.807, 2.05) is 12.1 Å². The molecule has 5 aliphatic carbocycles. The van der Waals surface area contributed by atoms with E-state index >= 15 is 0 Å². The summed E-state index contributed by atoms with van der Waals surface area (Å²) in [5, 5.41) is 3.53. The van der Waals surface area contributed by atoms with Crippen molar-refractivity contribution in [2.75, 3.05) is 13.1 Å². The van der Waals surface area contributed by atoms with Gasteiger partial charge in [0.2, 0.25) is 5.91 Å². The molecule has 4 saturated carbocycles. The number of benzene rings is 1. The lowest BCUT2D eigenvalue weighted by atomic mass is 9.32. The summed E-state index contributed by atoms with van der Waals surface area (Å²) in [6.07, 6.45) is 12.9. The number of fused-ring (bicyclic) bond motifs is 7. The second-order valence-corrected chi connectivity index (χ2v) is 19.3. The summed E-state index contributed by atoms with van der Waals surface area (Å²) in [6, 6.07) is 9.03. The molecule has 0 unspecified atom stereocenters. The van der Waals surface area contributed by atoms with Crippen molar-refractivity contribution in [3.8, 4) is 5.75 Å². The maximum absolute atomic E-state index is 14.6. The topological polar surface area (TPSA) is 58.6 Å². The van der Waals surface area contributed by atoms with Gasteiger partial charge in [0.25, 0.3) is 6.47 Å². The van der Waals surface area contributed by atoms with Crippen LogP contribution in [0.5, 0.6) is 5.75 Å². The SMILES string of the molecule is C=C(C)[C@@H]1CC[C@]2(C(=O)NCCN(C(C)C)C(C)C)CC[C@]3(C)[C@H](CC[C@@H]4[C@@]5(C)CC=C(c6ccc(OC=O)cc6)C(C)(C)[C@@H]5CC[C@]43C)[C@@H]12. The number of rotatable bonds is 10. The highest BCUT2D eigenvalue weighted by molar-refractivity contribution is 5.84. The van der Waals surface area contributed by atoms with Crippen molar-refractivity contribution in [2.45, 2.75) is 139 Å². The van der Waals surface area contributed by atoms with Crippen LogP contribution in [-0.2, 0) is 9.59 Å². The Labute approximate surface area is 304 Å². The summed E-state index contributed by atoms with van der Waals surface area (Å²) in [4.78, 5) is 27.9. The third-order valence-corrected chi connectivity index (χ3v) is 16.4. The van der Waals surface area contributed by atoms with E-state index in [4.69, 9.17) is 4.74 Å². The van der Waals surface area contributed by atoms with Crippen LogP contribution in [0, 0.1) is 56.7 Å². The molecule has 1 N–H and O–H groups in total. The summed E-state index contributed by atoms with van der Waals surface area (Å²) in [7, 11) is 0. The first-order valence-electron chi connectivity index (χ1n) is 20.1. The molecule has 5 aliphatic rings. The highest BCUT2D eigenvalue weighted by atomic mass is 16.5. The first-order valence-corrected chi connectivity index (χ1v) is 20.1. The van der Waals surface area contributed by atoms with E-state index in [9.17, 15) is 9.59 Å². The Morgan fingerprint density at radius 1 is 0.920 bits per heavy atom. The first-order chi connectivity index (χ1) is 23.5. The van der Waals surface area contributed by atoms with Crippen molar-refractivity contribution >= 4 is 18.0 Å². The normalized spacial score (nSPS) is 38.8. The fraction of sp³-hybridized carbons (Fsp3) is 0.733. The largest absolute Gasteiger partial charge is 0.429 e. The number of carbonyl (C=O) groups excluding carboxylic acids is 2. The van der Waals surface area contributed by atoms with E-state index in [0.717, 1.165) is 45.2 Å². The Bertz CT molecular complexity index is 1480. The third kappa shape index (κ3) is 5.57. The summed E-state index contributed by atoms with van der Waals surface area (Å²) in [6.45, 7) is 30.9. The molecule has 5 heteroatoms. The lowest BCUT2D eigenvalue weighted by molar-refractivity contribution is -0.225. The van der Waals surface area contributed by atoms with E-state index in [1.54, 1.807) is 0 Å². The molecule has 0 radical (unpaired) electrons. The van der Waals surface area contributed by atoms with Crippen molar-refractivity contribution in [1.82, 2.24) is 10.2 Å². The number of hydrogen-bond donors (Lipinski definition) is 1. The summed E-state index contributed by atoms with van der Waals surface area (Å²) in [5.74, 6) is 3.54. The number of allylic oxidation sites excluding steroid dienone is 3. The molecular weight excluding hydrogens is 617 g/mol. The first kappa shape index (κ1) is 37.4. The molecule has 5 nitrogen and oxygen atoms in total. The van der Waals surface area contributed by atoms with Gasteiger partial charge in [0.1, 0.15) is 5.75 Å².